The van der Waals surface area contributed by atoms with Gasteiger partial charge in [-0.2, -0.15) is 0 Å². The van der Waals surface area contributed by atoms with Gasteiger partial charge in [-0.1, -0.05) is 39.0 Å². The molecule has 0 aliphatic rings. The SMILES string of the molecule is CCCCCCCC(CC(=O)O)N=C=S. The molecule has 0 bridgehead atoms. The molecule has 1 N–H and O–H groups in total. The Kier molecular flexibility index (Phi) is 9.33. The first kappa shape index (κ1) is 14.3. The van der Waals surface area contributed by atoms with Crippen LogP contribution in [0.4, 0.5) is 0 Å². The van der Waals surface area contributed by atoms with E-state index in [4.69, 9.17) is 5.11 Å². The highest BCUT2D eigenvalue weighted by Crippen LogP contribution is 2.11. The molecule has 0 aliphatic heterocycles. The number of nitrogens with zero attached hydrogens (tertiary/aromatic N) is 1. The summed E-state index contributed by atoms with van der Waals surface area (Å²) < 4.78 is 0. The van der Waals surface area contributed by atoms with Crippen LogP contribution in [-0.4, -0.2) is 22.3 Å². The molecule has 4 heteroatoms. The van der Waals surface area contributed by atoms with E-state index in [-0.39, 0.29) is 12.5 Å². The van der Waals surface area contributed by atoms with Gasteiger partial charge in [-0.15, -0.1) is 0 Å². The highest BCUT2D eigenvalue weighted by Gasteiger charge is 2.10. The number of aliphatic carboxylic acids is 1. The molecule has 0 rings (SSSR count). The fourth-order valence-corrected chi connectivity index (χ4v) is 1.62. The number of hydrogen-bond acceptors (Lipinski definition) is 3. The molecule has 0 aromatic rings. The molecule has 1 unspecified atom stereocenters. The number of isothiocyanates is 1. The van der Waals surface area contributed by atoms with Gasteiger partial charge in [0.2, 0.25) is 0 Å². The first-order chi connectivity index (χ1) is 7.20. The van der Waals surface area contributed by atoms with Gasteiger partial charge in [-0.05, 0) is 18.6 Å². The molecule has 0 fully saturated rings. The van der Waals surface area contributed by atoms with Gasteiger partial charge < -0.3 is 5.11 Å². The molecule has 0 aliphatic carbocycles. The van der Waals surface area contributed by atoms with Crippen molar-refractivity contribution >= 4 is 23.3 Å². The van der Waals surface area contributed by atoms with E-state index in [0.29, 0.717) is 0 Å². The minimum absolute atomic E-state index is 0.0669. The Morgan fingerprint density at radius 1 is 1.40 bits per heavy atom. The Morgan fingerprint density at radius 2 is 2.07 bits per heavy atom. The maximum absolute atomic E-state index is 10.5. The lowest BCUT2D eigenvalue weighted by molar-refractivity contribution is -0.137. The molecule has 15 heavy (non-hydrogen) atoms. The molecule has 86 valence electrons. The summed E-state index contributed by atoms with van der Waals surface area (Å²) in [7, 11) is 0. The molecule has 0 spiro atoms. The van der Waals surface area contributed by atoms with Gasteiger partial charge in [0.1, 0.15) is 0 Å². The van der Waals surface area contributed by atoms with Gasteiger partial charge in [-0.3, -0.25) is 4.79 Å². The number of rotatable bonds is 9. The molecule has 0 radical (unpaired) electrons. The zero-order valence-electron chi connectivity index (χ0n) is 9.24. The summed E-state index contributed by atoms with van der Waals surface area (Å²) in [5, 5.41) is 10.9. The summed E-state index contributed by atoms with van der Waals surface area (Å²) in [5.41, 5.74) is 0. The summed E-state index contributed by atoms with van der Waals surface area (Å²) in [4.78, 5) is 14.4. The molecule has 0 aromatic heterocycles. The van der Waals surface area contributed by atoms with E-state index < -0.39 is 5.97 Å². The molecule has 0 amide bonds. The highest BCUT2D eigenvalue weighted by molar-refractivity contribution is 7.78. The predicted molar refractivity (Wildman–Crippen MR) is 64.4 cm³/mol. The molecular formula is C11H19NO2S. The summed E-state index contributed by atoms with van der Waals surface area (Å²) in [6.07, 6.45) is 6.74. The summed E-state index contributed by atoms with van der Waals surface area (Å²) in [5.74, 6) is -0.817. The third-order valence-corrected chi connectivity index (χ3v) is 2.39. The van der Waals surface area contributed by atoms with E-state index in [1.165, 1.54) is 19.3 Å². The molecule has 0 saturated heterocycles. The average molecular weight is 229 g/mol. The van der Waals surface area contributed by atoms with Gasteiger partial charge in [0, 0.05) is 0 Å². The second-order valence-corrected chi connectivity index (χ2v) is 3.86. The third-order valence-electron chi connectivity index (χ3n) is 2.29. The van der Waals surface area contributed by atoms with Crippen LogP contribution in [0.25, 0.3) is 0 Å². The lowest BCUT2D eigenvalue weighted by atomic mass is 10.0. The molecule has 0 saturated carbocycles. The largest absolute Gasteiger partial charge is 0.481 e. The van der Waals surface area contributed by atoms with Crippen LogP contribution in [0.1, 0.15) is 51.9 Å². The zero-order valence-corrected chi connectivity index (χ0v) is 10.1. The van der Waals surface area contributed by atoms with Crippen molar-refractivity contribution in [3.05, 3.63) is 0 Å². The number of thiocarbonyl (C=S) groups is 1. The Labute approximate surface area is 96.6 Å². The van der Waals surface area contributed by atoms with Crippen molar-refractivity contribution < 1.29 is 9.90 Å². The highest BCUT2D eigenvalue weighted by atomic mass is 32.1. The second-order valence-electron chi connectivity index (χ2n) is 3.67. The van der Waals surface area contributed by atoms with E-state index in [1.54, 1.807) is 0 Å². The average Bonchev–Trinajstić information content (AvgIpc) is 2.17. The van der Waals surface area contributed by atoms with E-state index in [9.17, 15) is 4.79 Å². The lowest BCUT2D eigenvalue weighted by Crippen LogP contribution is -2.10. The number of carbonyl (C=O) groups is 1. The number of carboxylic acids is 1. The van der Waals surface area contributed by atoms with Crippen molar-refractivity contribution in [2.45, 2.75) is 57.9 Å². The van der Waals surface area contributed by atoms with Crippen LogP contribution < -0.4 is 0 Å². The van der Waals surface area contributed by atoms with Crippen LogP contribution in [0.2, 0.25) is 0 Å². The van der Waals surface area contributed by atoms with Crippen LogP contribution in [0.3, 0.4) is 0 Å². The summed E-state index contributed by atoms with van der Waals surface area (Å²) >= 11 is 4.49. The van der Waals surface area contributed by atoms with Crippen LogP contribution in [0.5, 0.6) is 0 Å². The Hall–Kier alpha value is -0.730. The molecule has 1 atom stereocenters. The first-order valence-electron chi connectivity index (χ1n) is 5.49. The third kappa shape index (κ3) is 9.57. The first-order valence-corrected chi connectivity index (χ1v) is 5.90. The van der Waals surface area contributed by atoms with Gasteiger partial charge in [0.05, 0.1) is 17.6 Å². The maximum Gasteiger partial charge on any atom is 0.305 e. The smallest absolute Gasteiger partial charge is 0.305 e. The minimum atomic E-state index is -0.817. The van der Waals surface area contributed by atoms with E-state index in [0.717, 1.165) is 19.3 Å². The number of unbranched alkanes of at least 4 members (excludes halogenated alkanes) is 4. The van der Waals surface area contributed by atoms with Crippen molar-refractivity contribution in [2.24, 2.45) is 4.99 Å². The van der Waals surface area contributed by atoms with Crippen molar-refractivity contribution in [1.29, 1.82) is 0 Å². The van der Waals surface area contributed by atoms with Gasteiger partial charge in [0.25, 0.3) is 0 Å². The predicted octanol–water partition coefficient (Wildman–Crippen LogP) is 3.29. The van der Waals surface area contributed by atoms with Crippen molar-refractivity contribution in [2.75, 3.05) is 0 Å². The van der Waals surface area contributed by atoms with Crippen LogP contribution >= 0.6 is 12.2 Å². The van der Waals surface area contributed by atoms with Gasteiger partial charge in [-0.25, -0.2) is 4.99 Å². The molecule has 3 nitrogen and oxygen atoms in total. The van der Waals surface area contributed by atoms with Crippen LogP contribution in [-0.2, 0) is 4.79 Å². The van der Waals surface area contributed by atoms with Gasteiger partial charge in [0.15, 0.2) is 0 Å². The van der Waals surface area contributed by atoms with Crippen molar-refractivity contribution in [1.82, 2.24) is 0 Å². The normalized spacial score (nSPS) is 11.8. The number of hydrogen-bond donors (Lipinski definition) is 1. The summed E-state index contributed by atoms with van der Waals surface area (Å²) in [6.45, 7) is 2.17. The second kappa shape index (κ2) is 9.81. The van der Waals surface area contributed by atoms with E-state index in [1.807, 2.05) is 0 Å². The standard InChI is InChI=1S/C11H19NO2S/c1-2-3-4-5-6-7-10(12-9-15)8-11(13)14/h10H,2-8H2,1H3,(H,13,14). The number of aliphatic imine (C=N–C) groups is 1. The summed E-state index contributed by atoms with van der Waals surface area (Å²) in [6, 6.07) is -0.179. The minimum Gasteiger partial charge on any atom is -0.481 e. The zero-order chi connectivity index (χ0) is 11.5. The van der Waals surface area contributed by atoms with E-state index >= 15 is 0 Å². The van der Waals surface area contributed by atoms with Crippen LogP contribution in [0, 0.1) is 0 Å². The quantitative estimate of drug-likeness (QED) is 0.375. The Morgan fingerprint density at radius 3 is 2.60 bits per heavy atom. The fourth-order valence-electron chi connectivity index (χ4n) is 1.47. The Balaban J connectivity index is 3.66. The fraction of sp³-hybridized carbons (Fsp3) is 0.818. The van der Waals surface area contributed by atoms with Crippen molar-refractivity contribution in [3.63, 3.8) is 0 Å². The Bertz CT molecular complexity index is 225. The monoisotopic (exact) mass is 229 g/mol. The molecule has 0 heterocycles. The molecule has 0 aromatic carbocycles. The topological polar surface area (TPSA) is 49.7 Å². The van der Waals surface area contributed by atoms with Gasteiger partial charge >= 0.3 is 5.97 Å². The lowest BCUT2D eigenvalue weighted by Gasteiger charge is -2.07. The molecular weight excluding hydrogens is 210 g/mol. The van der Waals surface area contributed by atoms with Crippen molar-refractivity contribution in [3.8, 4) is 0 Å². The maximum atomic E-state index is 10.5. The number of carboxylic acid groups (broad SMARTS) is 1. The van der Waals surface area contributed by atoms with Crippen LogP contribution in [0.15, 0.2) is 4.99 Å². The van der Waals surface area contributed by atoms with E-state index in [2.05, 4.69) is 29.3 Å².